The fraction of sp³-hybridized carbons (Fsp3) is 0.565. The molecule has 1 saturated carbocycles. The molecule has 27 heavy (non-hydrogen) atoms. The van der Waals surface area contributed by atoms with Crippen molar-refractivity contribution in [3.8, 4) is 0 Å². The number of nitrogens with one attached hydrogen (secondary N) is 1. The summed E-state index contributed by atoms with van der Waals surface area (Å²) in [5.74, 6) is 0. The summed E-state index contributed by atoms with van der Waals surface area (Å²) < 4.78 is 6.33. The van der Waals surface area contributed by atoms with E-state index in [1.54, 1.807) is 0 Å². The van der Waals surface area contributed by atoms with E-state index in [2.05, 4.69) is 28.5 Å². The highest BCUT2D eigenvalue weighted by atomic mass is 16.5. The summed E-state index contributed by atoms with van der Waals surface area (Å²) in [6.07, 6.45) is 15.1. The highest BCUT2D eigenvalue weighted by Crippen LogP contribution is 2.49. The molecule has 2 aromatic heterocycles. The van der Waals surface area contributed by atoms with E-state index >= 15 is 0 Å². The number of hydrogen-bond donors (Lipinski definition) is 1. The second-order valence-corrected chi connectivity index (χ2v) is 8.27. The van der Waals surface area contributed by atoms with Gasteiger partial charge in [0.05, 0.1) is 5.60 Å². The minimum absolute atomic E-state index is 0.103. The molecule has 1 unspecified atom stereocenters. The number of hydrogen-bond acceptors (Lipinski definition) is 4. The molecule has 144 valence electrons. The fourth-order valence-electron chi connectivity index (χ4n) is 5.03. The fourth-order valence-corrected chi connectivity index (χ4v) is 5.03. The molecule has 2 aliphatic rings. The maximum absolute atomic E-state index is 6.33. The van der Waals surface area contributed by atoms with E-state index in [9.17, 15) is 0 Å². The monoisotopic (exact) mass is 365 g/mol. The van der Waals surface area contributed by atoms with Crippen LogP contribution in [0, 0.1) is 0 Å². The minimum atomic E-state index is 0.103. The van der Waals surface area contributed by atoms with Crippen LogP contribution in [0.15, 0.2) is 48.9 Å². The van der Waals surface area contributed by atoms with E-state index < -0.39 is 0 Å². The lowest BCUT2D eigenvalue weighted by Crippen LogP contribution is -2.47. The molecule has 2 aromatic rings. The lowest BCUT2D eigenvalue weighted by Gasteiger charge is -2.46. The Balaban J connectivity index is 1.40. The van der Waals surface area contributed by atoms with Crippen LogP contribution in [0.25, 0.3) is 0 Å². The molecule has 1 spiro atoms. The van der Waals surface area contributed by atoms with E-state index in [0.717, 1.165) is 45.4 Å². The quantitative estimate of drug-likeness (QED) is 0.752. The van der Waals surface area contributed by atoms with Crippen molar-refractivity contribution in [2.24, 2.45) is 0 Å². The third-order valence-electron chi connectivity index (χ3n) is 6.47. The summed E-state index contributed by atoms with van der Waals surface area (Å²) >= 11 is 0. The van der Waals surface area contributed by atoms with Gasteiger partial charge in [-0.05, 0) is 75.4 Å². The van der Waals surface area contributed by atoms with E-state index in [1.807, 2.05) is 30.7 Å². The molecule has 4 rings (SSSR count). The van der Waals surface area contributed by atoms with Gasteiger partial charge in [0.1, 0.15) is 0 Å². The van der Waals surface area contributed by atoms with Gasteiger partial charge in [-0.3, -0.25) is 9.97 Å². The van der Waals surface area contributed by atoms with Crippen LogP contribution in [0.5, 0.6) is 0 Å². The third kappa shape index (κ3) is 4.39. The van der Waals surface area contributed by atoms with Crippen LogP contribution in [0.2, 0.25) is 0 Å². The standard InChI is InChI=1S/C23H31N3O/c1-4-14-26-21(7-1)22(12-17-27-23(19-22)9-2-3-10-23)11-16-24-15-8-20-6-5-13-25-18-20/h1,4-7,13-14,18,24H,2-3,8-12,15-17,19H2. The average Bonchev–Trinajstić information content (AvgIpc) is 3.16. The third-order valence-corrected chi connectivity index (χ3v) is 6.47. The highest BCUT2D eigenvalue weighted by molar-refractivity contribution is 5.20. The maximum atomic E-state index is 6.33. The molecule has 1 aliphatic heterocycles. The van der Waals surface area contributed by atoms with Crippen LogP contribution in [0.4, 0.5) is 0 Å². The number of pyridine rings is 2. The first-order valence-electron chi connectivity index (χ1n) is 10.5. The zero-order valence-electron chi connectivity index (χ0n) is 16.2. The number of rotatable bonds is 7. The van der Waals surface area contributed by atoms with Crippen molar-refractivity contribution in [1.82, 2.24) is 15.3 Å². The number of ether oxygens (including phenoxy) is 1. The number of aromatic nitrogens is 2. The van der Waals surface area contributed by atoms with Crippen molar-refractivity contribution >= 4 is 0 Å². The molecule has 1 saturated heterocycles. The van der Waals surface area contributed by atoms with Gasteiger partial charge in [0.25, 0.3) is 0 Å². The molecule has 3 heterocycles. The Morgan fingerprint density at radius 3 is 2.70 bits per heavy atom. The zero-order chi connectivity index (χ0) is 18.4. The summed E-state index contributed by atoms with van der Waals surface area (Å²) in [7, 11) is 0. The minimum Gasteiger partial charge on any atom is -0.375 e. The largest absolute Gasteiger partial charge is 0.375 e. The highest BCUT2D eigenvalue weighted by Gasteiger charge is 2.48. The lowest BCUT2D eigenvalue weighted by molar-refractivity contribution is -0.104. The van der Waals surface area contributed by atoms with Gasteiger partial charge in [-0.1, -0.05) is 25.0 Å². The van der Waals surface area contributed by atoms with Gasteiger partial charge in [-0.2, -0.15) is 0 Å². The van der Waals surface area contributed by atoms with Crippen molar-refractivity contribution < 1.29 is 4.74 Å². The molecule has 0 bridgehead atoms. The van der Waals surface area contributed by atoms with Crippen LogP contribution in [0.3, 0.4) is 0 Å². The zero-order valence-corrected chi connectivity index (χ0v) is 16.2. The first-order valence-corrected chi connectivity index (χ1v) is 10.5. The van der Waals surface area contributed by atoms with Crippen LogP contribution < -0.4 is 5.32 Å². The Morgan fingerprint density at radius 2 is 1.93 bits per heavy atom. The van der Waals surface area contributed by atoms with Gasteiger partial charge in [0.2, 0.25) is 0 Å². The topological polar surface area (TPSA) is 47.0 Å². The van der Waals surface area contributed by atoms with Gasteiger partial charge in [0.15, 0.2) is 0 Å². The molecule has 1 aliphatic carbocycles. The average molecular weight is 366 g/mol. The second kappa shape index (κ2) is 8.49. The van der Waals surface area contributed by atoms with E-state index in [1.165, 1.54) is 36.9 Å². The molecule has 0 amide bonds. The maximum Gasteiger partial charge on any atom is 0.0691 e. The predicted octanol–water partition coefficient (Wildman–Crippen LogP) is 4.06. The molecule has 4 nitrogen and oxygen atoms in total. The Morgan fingerprint density at radius 1 is 1.00 bits per heavy atom. The van der Waals surface area contributed by atoms with Gasteiger partial charge in [-0.15, -0.1) is 0 Å². The summed E-state index contributed by atoms with van der Waals surface area (Å²) in [6.45, 7) is 2.88. The molecule has 1 atom stereocenters. The summed E-state index contributed by atoms with van der Waals surface area (Å²) in [6, 6.07) is 10.5. The van der Waals surface area contributed by atoms with Crippen LogP contribution in [-0.4, -0.2) is 35.3 Å². The molecular weight excluding hydrogens is 334 g/mol. The van der Waals surface area contributed by atoms with Gasteiger partial charge < -0.3 is 10.1 Å². The summed E-state index contributed by atoms with van der Waals surface area (Å²) in [5.41, 5.74) is 2.80. The molecule has 1 N–H and O–H groups in total. The SMILES string of the molecule is c1ccc(C2(CCNCCc3cccnc3)CCOC3(CCCC3)C2)nc1. The molecule has 4 heteroatoms. The predicted molar refractivity (Wildman–Crippen MR) is 108 cm³/mol. The van der Waals surface area contributed by atoms with Gasteiger partial charge in [-0.25, -0.2) is 0 Å². The van der Waals surface area contributed by atoms with Gasteiger partial charge >= 0.3 is 0 Å². The molecule has 2 fully saturated rings. The second-order valence-electron chi connectivity index (χ2n) is 8.27. The molecule has 0 radical (unpaired) electrons. The van der Waals surface area contributed by atoms with E-state index in [4.69, 9.17) is 9.72 Å². The van der Waals surface area contributed by atoms with E-state index in [0.29, 0.717) is 0 Å². The van der Waals surface area contributed by atoms with Gasteiger partial charge in [0, 0.05) is 36.3 Å². The Kier molecular flexibility index (Phi) is 5.84. The Bertz CT molecular complexity index is 700. The van der Waals surface area contributed by atoms with Crippen molar-refractivity contribution in [2.75, 3.05) is 19.7 Å². The Labute approximate surface area is 162 Å². The van der Waals surface area contributed by atoms with Crippen molar-refractivity contribution in [3.63, 3.8) is 0 Å². The van der Waals surface area contributed by atoms with Crippen LogP contribution in [0.1, 0.15) is 56.2 Å². The Hall–Kier alpha value is -1.78. The first-order chi connectivity index (χ1) is 13.3. The first kappa shape index (κ1) is 18.6. The summed E-state index contributed by atoms with van der Waals surface area (Å²) in [4.78, 5) is 8.98. The van der Waals surface area contributed by atoms with Crippen molar-refractivity contribution in [2.45, 2.75) is 62.4 Å². The summed E-state index contributed by atoms with van der Waals surface area (Å²) in [5, 5.41) is 3.66. The van der Waals surface area contributed by atoms with Crippen molar-refractivity contribution in [1.29, 1.82) is 0 Å². The number of nitrogens with zero attached hydrogens (tertiary/aromatic N) is 2. The van der Waals surface area contributed by atoms with Crippen LogP contribution >= 0.6 is 0 Å². The molecular formula is C23H31N3O. The normalized spacial score (nSPS) is 24.3. The van der Waals surface area contributed by atoms with Crippen LogP contribution in [-0.2, 0) is 16.6 Å². The molecule has 0 aromatic carbocycles. The smallest absolute Gasteiger partial charge is 0.0691 e. The lowest BCUT2D eigenvalue weighted by atomic mass is 9.68. The van der Waals surface area contributed by atoms with Crippen molar-refractivity contribution in [3.05, 3.63) is 60.2 Å². The van der Waals surface area contributed by atoms with E-state index in [-0.39, 0.29) is 11.0 Å².